The molecular formula is C130H130AuBF4N8Zn. The summed E-state index contributed by atoms with van der Waals surface area (Å²) < 4.78 is 39.0. The van der Waals surface area contributed by atoms with Gasteiger partial charge in [-0.15, -0.1) is 44.1 Å². The molecule has 0 radical (unpaired) electrons. The summed E-state index contributed by atoms with van der Waals surface area (Å²) in [4.78, 5) is 45.8. The SMILES string of the molecule is CCC1=C(C)c2nc1cc1[n-]c(c(C)c1CC)c(-c1ccc(C#Cc3ccc(C#Cc4ccc(C#Cc5ccc(C#Cc6ccc(-c7c8nc(cc9[n-]c(c(C)c9CC)c(-c9cc(C(C)(C)C)cc(C(C)(C)C)c9)c9nc(cc%10[n-]c7c(C)c%10CC)C(CC)=C9C)C(CC)=C8C)cc6)cc5)cc4)cc3)cc1)c1nc(cc3[n-]c(c(C)c3CC)c2-c2cc(C(C)(C)C)cc(C(C)(C)C)c2)C(CC)=C1C.F[B-](F)(F)F.[Au+3].[Zn+2]. The third-order valence-electron chi connectivity index (χ3n) is 28.9. The van der Waals surface area contributed by atoms with Crippen molar-refractivity contribution in [3.05, 3.63) is 339 Å². The summed E-state index contributed by atoms with van der Waals surface area (Å²) in [5.74, 6) is 27.3. The van der Waals surface area contributed by atoms with Gasteiger partial charge in [0.15, 0.2) is 0 Å². The first-order valence-corrected chi connectivity index (χ1v) is 50.8. The Morgan fingerprint density at radius 1 is 0.248 bits per heavy atom. The van der Waals surface area contributed by atoms with E-state index >= 15 is 0 Å². The zero-order valence-corrected chi connectivity index (χ0v) is 94.8. The van der Waals surface area contributed by atoms with Crippen LogP contribution in [0.5, 0.6) is 0 Å². The summed E-state index contributed by atoms with van der Waals surface area (Å²) in [7, 11) is -6.00. The minimum atomic E-state index is -6.00. The van der Waals surface area contributed by atoms with Gasteiger partial charge in [0.1, 0.15) is 0 Å². The van der Waals surface area contributed by atoms with Gasteiger partial charge in [0.2, 0.25) is 0 Å². The zero-order chi connectivity index (χ0) is 103. The number of rotatable bonds is 12. The average molecular weight is 2150 g/mol. The monoisotopic (exact) mass is 2150 g/mol. The molecule has 16 bridgehead atoms. The fourth-order valence-corrected chi connectivity index (χ4v) is 20.6. The summed E-state index contributed by atoms with van der Waals surface area (Å²) in [5, 5.41) is 0. The van der Waals surface area contributed by atoms with Gasteiger partial charge >= 0.3 is 49.1 Å². The molecule has 734 valence electrons. The first-order chi connectivity index (χ1) is 67.8. The van der Waals surface area contributed by atoms with Crippen molar-refractivity contribution in [1.29, 1.82) is 0 Å². The van der Waals surface area contributed by atoms with Crippen LogP contribution in [-0.4, -0.2) is 27.2 Å². The Morgan fingerprint density at radius 2 is 0.414 bits per heavy atom. The van der Waals surface area contributed by atoms with Gasteiger partial charge in [-0.1, -0.05) is 315 Å². The first kappa shape index (κ1) is 108. The third-order valence-corrected chi connectivity index (χ3v) is 28.9. The topological polar surface area (TPSA) is 108 Å². The molecule has 0 amide bonds. The minimum absolute atomic E-state index is 0. The van der Waals surface area contributed by atoms with Crippen molar-refractivity contribution >= 4 is 96.0 Å². The van der Waals surface area contributed by atoms with Gasteiger partial charge in [0.05, 0.1) is 45.6 Å². The molecule has 13 aromatic rings. The summed E-state index contributed by atoms with van der Waals surface area (Å²) >= 11 is 0. The number of halogens is 4. The molecule has 0 saturated carbocycles. The van der Waals surface area contributed by atoms with Gasteiger partial charge in [-0.05, 0) is 337 Å². The number of aryl methyl sites for hydroxylation is 8. The summed E-state index contributed by atoms with van der Waals surface area (Å²) in [6.07, 6.45) is 6.53. The molecule has 15 heteroatoms. The maximum atomic E-state index is 9.75. The number of benzene rings is 7. The number of aromatic nitrogens is 8. The number of allylic oxidation sites excluding steroid dienone is 8. The molecule has 0 spiro atoms. The van der Waals surface area contributed by atoms with Crippen LogP contribution in [0.25, 0.3) is 133 Å². The minimum Gasteiger partial charge on any atom is -0.657 e. The van der Waals surface area contributed by atoms with E-state index in [9.17, 15) is 17.3 Å². The molecule has 145 heavy (non-hydrogen) atoms. The molecule has 0 unspecified atom stereocenters. The van der Waals surface area contributed by atoms with Crippen LogP contribution in [0.15, 0.2) is 182 Å². The Balaban J connectivity index is 0.00000232. The summed E-state index contributed by atoms with van der Waals surface area (Å²) in [6, 6.07) is 65.2. The molecule has 8 nitrogen and oxygen atoms in total. The molecule has 0 aliphatic carbocycles. The van der Waals surface area contributed by atoms with E-state index in [1.807, 2.05) is 72.8 Å². The van der Waals surface area contributed by atoms with Crippen LogP contribution in [0, 0.1) is 75.1 Å². The fourth-order valence-electron chi connectivity index (χ4n) is 20.6. The molecule has 0 N–H and O–H groups in total. The van der Waals surface area contributed by atoms with Crippen LogP contribution >= 0.6 is 0 Å². The molecule has 6 aromatic heterocycles. The van der Waals surface area contributed by atoms with Gasteiger partial charge in [0, 0.05) is 44.5 Å². The number of fused-ring (bicyclic) bond motifs is 16. The molecule has 0 atom stereocenters. The molecule has 4 aliphatic heterocycles. The fraction of sp³-hybridized carbons (Fsp3) is 0.308. The molecule has 7 aromatic carbocycles. The molecule has 17 rings (SSSR count). The molecule has 0 saturated heterocycles. The average Bonchev–Trinajstić information content (AvgIpc) is 1.59. The number of nitrogens with zero attached hydrogens (tertiary/aromatic N) is 8. The predicted octanol–water partition coefficient (Wildman–Crippen LogP) is 33.1. The van der Waals surface area contributed by atoms with Crippen molar-refractivity contribution in [3.63, 3.8) is 0 Å². The van der Waals surface area contributed by atoms with E-state index in [1.54, 1.807) is 0 Å². The van der Waals surface area contributed by atoms with Crippen molar-refractivity contribution in [2.75, 3.05) is 0 Å². The van der Waals surface area contributed by atoms with Crippen molar-refractivity contribution in [2.24, 2.45) is 0 Å². The van der Waals surface area contributed by atoms with Crippen LogP contribution in [0.4, 0.5) is 17.3 Å². The van der Waals surface area contributed by atoms with E-state index in [0.29, 0.717) is 0 Å². The second-order valence-corrected chi connectivity index (χ2v) is 42.5. The number of hydrogen-bond acceptors (Lipinski definition) is 4. The Kier molecular flexibility index (Phi) is 32.0. The predicted molar refractivity (Wildman–Crippen MR) is 595 cm³/mol. The normalized spacial score (nSPS) is 12.7. The summed E-state index contributed by atoms with van der Waals surface area (Å²) in [6.45, 7) is 63.8. The van der Waals surface area contributed by atoms with E-state index in [0.717, 1.165) is 252 Å². The van der Waals surface area contributed by atoms with Crippen molar-refractivity contribution < 1.29 is 59.1 Å². The van der Waals surface area contributed by atoms with Gasteiger partial charge in [-0.25, -0.2) is 19.9 Å². The first-order valence-electron chi connectivity index (χ1n) is 50.8. The summed E-state index contributed by atoms with van der Waals surface area (Å²) in [5.41, 5.74) is 55.0. The van der Waals surface area contributed by atoms with E-state index < -0.39 is 7.25 Å². The molecule has 4 aliphatic rings. The van der Waals surface area contributed by atoms with Gasteiger partial charge in [-0.3, -0.25) is 0 Å². The van der Waals surface area contributed by atoms with E-state index in [1.165, 1.54) is 89.1 Å². The molecule has 10 heterocycles. The standard InChI is InChI=1S/C130H130N8.Au.BF4.Zn/c1-29-99-75(9)119-115(120-76(10)100(30-2)108(132-120)72-112-104(34-6)80(14)124(136-112)117(123-79(13)103(33-5)111(135-123)71-107(99)131-119)93-65-95(127(17,18)19)69-96(66-93)128(20,21)22)91-61-57-89(58-62-91)55-53-87-49-45-85(46-50-87)43-41-83-37-39-84(40-38-83)42-44-86-47-51-88(52-48-86)54-56-90-59-63-92(64-60-90)116-121-77(11)101(31-3)109(133-121)73-113-105(35-7)81(15)125(137-113)118(94-67-97(129(23,24)25)70-98(68-94)130(26,27)28)126-82(16)106(36-8)114(138-126)74-110-102(32-4)78(12)122(116)134-110;;2-1(3,4)5;/h37-40,45-52,57-74H,29-36H2,1-28H3;;;/q-4;+3;-1;+2. The van der Waals surface area contributed by atoms with Gasteiger partial charge in [-0.2, -0.15) is 0 Å². The van der Waals surface area contributed by atoms with Gasteiger partial charge in [0.25, 0.3) is 0 Å². The van der Waals surface area contributed by atoms with Crippen molar-refractivity contribution in [2.45, 2.75) is 267 Å². The van der Waals surface area contributed by atoms with Crippen molar-refractivity contribution in [3.8, 4) is 91.9 Å². The second-order valence-electron chi connectivity index (χ2n) is 42.5. The van der Waals surface area contributed by atoms with E-state index in [-0.39, 0.29) is 63.5 Å². The van der Waals surface area contributed by atoms with Crippen LogP contribution in [0.1, 0.15) is 349 Å². The van der Waals surface area contributed by atoms with Gasteiger partial charge < -0.3 is 37.2 Å². The van der Waals surface area contributed by atoms with Crippen LogP contribution in [-0.2, 0) is 89.2 Å². The van der Waals surface area contributed by atoms with Crippen LogP contribution in [0.2, 0.25) is 0 Å². The van der Waals surface area contributed by atoms with Crippen molar-refractivity contribution in [1.82, 2.24) is 39.9 Å². The maximum Gasteiger partial charge on any atom is 3.00 e. The maximum absolute atomic E-state index is 9.75. The quantitative estimate of drug-likeness (QED) is 0.0676. The van der Waals surface area contributed by atoms with E-state index in [4.69, 9.17) is 39.9 Å². The largest absolute Gasteiger partial charge is 3.00 e. The Morgan fingerprint density at radius 3 is 0.572 bits per heavy atom. The second kappa shape index (κ2) is 43.0. The van der Waals surface area contributed by atoms with E-state index in [2.05, 4.69) is 350 Å². The Hall–Kier alpha value is -12.9. The molecular weight excluding hydrogens is 2020 g/mol. The smallest absolute Gasteiger partial charge is 0.657 e. The Bertz CT molecular complexity index is 7580. The van der Waals surface area contributed by atoms with Crippen LogP contribution in [0.3, 0.4) is 0 Å². The zero-order valence-electron chi connectivity index (χ0n) is 89.7. The molecule has 0 fully saturated rings. The Labute approximate surface area is 885 Å². The third kappa shape index (κ3) is 22.3. The van der Waals surface area contributed by atoms with Crippen LogP contribution < -0.4 is 19.9 Å². The number of hydrogen-bond donors (Lipinski definition) is 0.